The summed E-state index contributed by atoms with van der Waals surface area (Å²) in [6, 6.07) is 0. The fraction of sp³-hybridized carbons (Fsp3) is 0.692. The molecule has 0 aromatic heterocycles. The normalized spacial score (nSPS) is 13.8. The first-order valence-corrected chi connectivity index (χ1v) is 6.50. The molecule has 0 amide bonds. The van der Waals surface area contributed by atoms with Crippen molar-refractivity contribution in [2.45, 2.75) is 33.1 Å². The monoisotopic (exact) mass is 392 g/mol. The van der Waals surface area contributed by atoms with E-state index in [4.69, 9.17) is 0 Å². The number of carboxylic acids is 4. The second-order valence-electron chi connectivity index (χ2n) is 4.76. The van der Waals surface area contributed by atoms with Crippen LogP contribution in [-0.4, -0.2) is 23.9 Å². The van der Waals surface area contributed by atoms with Crippen molar-refractivity contribution < 1.29 is 158 Å². The van der Waals surface area contributed by atoms with Gasteiger partial charge in [-0.2, -0.15) is 0 Å². The molecule has 0 heterocycles. The van der Waals surface area contributed by atoms with Gasteiger partial charge in [-0.3, -0.25) is 0 Å². The van der Waals surface area contributed by atoms with Gasteiger partial charge in [-0.25, -0.2) is 0 Å². The van der Waals surface area contributed by atoms with E-state index < -0.39 is 54.0 Å². The molecule has 0 aromatic rings. The predicted molar refractivity (Wildman–Crippen MR) is 59.2 cm³/mol. The molecule has 0 bridgehead atoms. The zero-order chi connectivity index (χ0) is 16.7. The first kappa shape index (κ1) is 37.6. The predicted octanol–water partition coefficient (Wildman–Crippen LogP) is -16.3. The summed E-state index contributed by atoms with van der Waals surface area (Å²) in [5.74, 6) is -13.6. The van der Waals surface area contributed by atoms with Crippen LogP contribution in [0.1, 0.15) is 33.1 Å². The minimum Gasteiger partial charge on any atom is -0.550 e. The fourth-order valence-electron chi connectivity index (χ4n) is 2.30. The Labute approximate surface area is 235 Å². The Kier molecular flexibility index (Phi) is 28.9. The minimum atomic E-state index is -1.93. The molecule has 0 N–H and O–H groups in total. The van der Waals surface area contributed by atoms with Crippen LogP contribution < -0.4 is 139 Å². The van der Waals surface area contributed by atoms with Crippen LogP contribution >= 0.6 is 0 Å². The third kappa shape index (κ3) is 12.9. The molecule has 0 spiro atoms. The van der Waals surface area contributed by atoms with E-state index in [1.807, 2.05) is 0 Å². The first-order valence-electron chi connectivity index (χ1n) is 6.50. The van der Waals surface area contributed by atoms with Crippen molar-refractivity contribution in [3.63, 3.8) is 0 Å². The van der Waals surface area contributed by atoms with Crippen molar-refractivity contribution in [3.05, 3.63) is 0 Å². The van der Waals surface area contributed by atoms with Gasteiger partial charge in [0.15, 0.2) is 0 Å². The Morgan fingerprint density at radius 3 is 1.24 bits per heavy atom. The molecule has 12 heteroatoms. The largest absolute Gasteiger partial charge is 1.00 e. The maximum Gasteiger partial charge on any atom is 1.00 e. The average Bonchev–Trinajstić information content (AvgIpc) is 2.36. The number of rotatable bonds is 10. The maximum absolute atomic E-state index is 11.1. The number of carbonyl (C=O) groups is 4. The van der Waals surface area contributed by atoms with Crippen LogP contribution in [0, 0.1) is 23.7 Å². The average molecular weight is 392 g/mol. The summed E-state index contributed by atoms with van der Waals surface area (Å²) >= 11 is 0. The fourth-order valence-corrected chi connectivity index (χ4v) is 2.30. The molecular formula is C13H16Na4O8. The smallest absolute Gasteiger partial charge is 0.550 e. The van der Waals surface area contributed by atoms with E-state index in [2.05, 4.69) is 0 Å². The summed E-state index contributed by atoms with van der Waals surface area (Å²) in [7, 11) is 0. The molecule has 4 atom stereocenters. The van der Waals surface area contributed by atoms with Crippen LogP contribution in [0.4, 0.5) is 0 Å². The molecule has 8 nitrogen and oxygen atoms in total. The van der Waals surface area contributed by atoms with E-state index in [0.717, 1.165) is 0 Å². The molecule has 0 saturated heterocycles. The number of hydrogen-bond acceptors (Lipinski definition) is 8. The summed E-state index contributed by atoms with van der Waals surface area (Å²) in [5.41, 5.74) is 0. The Morgan fingerprint density at radius 1 is 0.640 bits per heavy atom. The van der Waals surface area contributed by atoms with Gasteiger partial charge in [-0.15, -0.1) is 0 Å². The second kappa shape index (κ2) is 19.2. The van der Waals surface area contributed by atoms with Crippen LogP contribution in [-0.2, 0) is 19.2 Å². The minimum absolute atomic E-state index is 0. The number of hydrogen-bond donors (Lipinski definition) is 0. The Morgan fingerprint density at radius 2 is 1.04 bits per heavy atom. The molecule has 4 unspecified atom stereocenters. The zero-order valence-corrected chi connectivity index (χ0v) is 23.7. The summed E-state index contributed by atoms with van der Waals surface area (Å²) in [5, 5.41) is 44.1. The molecule has 0 saturated carbocycles. The van der Waals surface area contributed by atoms with Crippen LogP contribution in [0.2, 0.25) is 0 Å². The zero-order valence-electron chi connectivity index (χ0n) is 15.7. The summed E-state index contributed by atoms with van der Waals surface area (Å²) in [6.45, 7) is 2.80. The van der Waals surface area contributed by atoms with Crippen molar-refractivity contribution >= 4 is 23.9 Å². The third-order valence-electron chi connectivity index (χ3n) is 3.55. The topological polar surface area (TPSA) is 161 Å². The van der Waals surface area contributed by atoms with Gasteiger partial charge in [-0.1, -0.05) is 13.8 Å². The van der Waals surface area contributed by atoms with E-state index in [0.29, 0.717) is 0 Å². The molecule has 0 aliphatic rings. The van der Waals surface area contributed by atoms with Crippen molar-refractivity contribution in [1.29, 1.82) is 0 Å². The van der Waals surface area contributed by atoms with Crippen LogP contribution in [0.15, 0.2) is 0 Å². The second-order valence-corrected chi connectivity index (χ2v) is 4.76. The van der Waals surface area contributed by atoms with Gasteiger partial charge in [0.2, 0.25) is 0 Å². The van der Waals surface area contributed by atoms with Crippen LogP contribution in [0.3, 0.4) is 0 Å². The molecule has 0 fully saturated rings. The SMILES string of the molecule is CCC(CC(C(=O)[O-])C(C(=O)[O-])C(CC)C(=O)[O-])C(=O)[O-].[Na+].[Na+].[Na+].[Na+]. The Hall–Kier alpha value is 1.88. The van der Waals surface area contributed by atoms with Gasteiger partial charge in [0.25, 0.3) is 0 Å². The molecule has 0 aliphatic heterocycles. The Bertz CT molecular complexity index is 432. The first-order chi connectivity index (χ1) is 9.67. The molecule has 0 aliphatic carbocycles. The summed E-state index contributed by atoms with van der Waals surface area (Å²) in [4.78, 5) is 44.1. The van der Waals surface area contributed by atoms with Gasteiger partial charge >= 0.3 is 118 Å². The molecule has 120 valence electrons. The number of carboxylic acid groups (broad SMARTS) is 4. The number of carbonyl (C=O) groups excluding carboxylic acids is 4. The van der Waals surface area contributed by atoms with Crippen molar-refractivity contribution in [2.75, 3.05) is 0 Å². The van der Waals surface area contributed by atoms with Crippen molar-refractivity contribution in [3.8, 4) is 0 Å². The summed E-state index contributed by atoms with van der Waals surface area (Å²) < 4.78 is 0. The van der Waals surface area contributed by atoms with Crippen molar-refractivity contribution in [1.82, 2.24) is 0 Å². The van der Waals surface area contributed by atoms with Crippen LogP contribution in [0.5, 0.6) is 0 Å². The quantitative estimate of drug-likeness (QED) is 0.331. The van der Waals surface area contributed by atoms with E-state index in [1.165, 1.54) is 13.8 Å². The van der Waals surface area contributed by atoms with E-state index in [-0.39, 0.29) is 131 Å². The molecule has 0 rings (SSSR count). The van der Waals surface area contributed by atoms with Gasteiger partial charge < -0.3 is 39.6 Å². The van der Waals surface area contributed by atoms with Gasteiger partial charge in [0.05, 0.1) is 0 Å². The maximum atomic E-state index is 11.1. The molecule has 0 aromatic carbocycles. The Balaban J connectivity index is -0.000000333. The molecule has 0 radical (unpaired) electrons. The van der Waals surface area contributed by atoms with Gasteiger partial charge in [-0.05, 0) is 25.2 Å². The molecular weight excluding hydrogens is 376 g/mol. The molecule has 25 heavy (non-hydrogen) atoms. The third-order valence-corrected chi connectivity index (χ3v) is 3.55. The van der Waals surface area contributed by atoms with Gasteiger partial charge in [0.1, 0.15) is 0 Å². The van der Waals surface area contributed by atoms with Gasteiger partial charge in [0, 0.05) is 41.6 Å². The van der Waals surface area contributed by atoms with E-state index >= 15 is 0 Å². The number of aliphatic carboxylic acids is 4. The van der Waals surface area contributed by atoms with E-state index in [1.54, 1.807) is 0 Å². The van der Waals surface area contributed by atoms with E-state index in [9.17, 15) is 39.6 Å². The standard InChI is InChI=1S/C13H20O8.4Na/c1-3-6(10(14)15)5-8(12(18)19)9(13(20)21)7(4-2)11(16)17;;;;/h6-9H,3-5H2,1-2H3,(H,14,15)(H,16,17)(H,18,19)(H,20,21);;;;/q;4*+1/p-4. The summed E-state index contributed by atoms with van der Waals surface area (Å²) in [6.07, 6.45) is -0.801. The van der Waals surface area contributed by atoms with Crippen LogP contribution in [0.25, 0.3) is 0 Å². The van der Waals surface area contributed by atoms with Crippen molar-refractivity contribution in [2.24, 2.45) is 23.7 Å².